The molecule has 5 nitrogen and oxygen atoms in total. The molecule has 0 saturated heterocycles. The molecule has 1 N–H and O–H groups in total. The molecular formula is C10H11N3O2. The number of aromatic nitrogens is 3. The van der Waals surface area contributed by atoms with Crippen molar-refractivity contribution in [3.63, 3.8) is 0 Å². The lowest BCUT2D eigenvalue weighted by Gasteiger charge is -1.94. The smallest absolute Gasteiger partial charge is 0.229 e. The highest BCUT2D eigenvalue weighted by atomic mass is 16.5. The molecule has 0 atom stereocenters. The molecule has 2 rings (SSSR count). The fraction of sp³-hybridized carbons (Fsp3) is 0.300. The molecule has 78 valence electrons. The predicted molar refractivity (Wildman–Crippen MR) is 53.3 cm³/mol. The number of hydrogen-bond donors (Lipinski definition) is 1. The van der Waals surface area contributed by atoms with E-state index in [4.69, 9.17) is 9.63 Å². The van der Waals surface area contributed by atoms with E-state index in [0.717, 1.165) is 0 Å². The van der Waals surface area contributed by atoms with Gasteiger partial charge in [0.15, 0.2) is 0 Å². The van der Waals surface area contributed by atoms with Crippen molar-refractivity contribution in [2.24, 2.45) is 0 Å². The van der Waals surface area contributed by atoms with Crippen LogP contribution in [-0.2, 0) is 0 Å². The second-order valence-corrected chi connectivity index (χ2v) is 3.51. The van der Waals surface area contributed by atoms with Crippen LogP contribution in [0.15, 0.2) is 22.9 Å². The van der Waals surface area contributed by atoms with Crippen LogP contribution < -0.4 is 0 Å². The molecule has 0 radical (unpaired) electrons. The Balaban J connectivity index is 2.33. The van der Waals surface area contributed by atoms with Crippen LogP contribution in [0.5, 0.6) is 5.75 Å². The minimum Gasteiger partial charge on any atom is -0.506 e. The zero-order valence-corrected chi connectivity index (χ0v) is 8.51. The van der Waals surface area contributed by atoms with E-state index in [1.54, 1.807) is 6.07 Å². The highest BCUT2D eigenvalue weighted by Gasteiger charge is 2.11. The molecule has 5 heteroatoms. The second kappa shape index (κ2) is 3.68. The second-order valence-electron chi connectivity index (χ2n) is 3.51. The molecule has 2 aromatic heterocycles. The first-order valence-electron chi connectivity index (χ1n) is 4.66. The summed E-state index contributed by atoms with van der Waals surface area (Å²) in [4.78, 5) is 8.17. The lowest BCUT2D eigenvalue weighted by atomic mass is 10.2. The first kappa shape index (κ1) is 9.64. The van der Waals surface area contributed by atoms with Crippen molar-refractivity contribution in [3.8, 4) is 17.3 Å². The molecule has 0 aliphatic rings. The molecule has 0 fully saturated rings. The summed E-state index contributed by atoms with van der Waals surface area (Å²) in [6.07, 6.45) is 1.35. The van der Waals surface area contributed by atoms with E-state index in [-0.39, 0.29) is 11.7 Å². The van der Waals surface area contributed by atoms with E-state index >= 15 is 0 Å². The predicted octanol–water partition coefficient (Wildman–Crippen LogP) is 1.96. The van der Waals surface area contributed by atoms with Crippen molar-refractivity contribution in [3.05, 3.63) is 24.2 Å². The van der Waals surface area contributed by atoms with Gasteiger partial charge < -0.3 is 9.63 Å². The van der Waals surface area contributed by atoms with E-state index in [1.807, 2.05) is 13.8 Å². The van der Waals surface area contributed by atoms with Crippen molar-refractivity contribution < 1.29 is 9.63 Å². The van der Waals surface area contributed by atoms with Gasteiger partial charge in [0.05, 0.1) is 6.20 Å². The van der Waals surface area contributed by atoms with Crippen LogP contribution in [0.4, 0.5) is 0 Å². The first-order chi connectivity index (χ1) is 7.16. The van der Waals surface area contributed by atoms with Crippen molar-refractivity contribution in [1.82, 2.24) is 15.1 Å². The molecular weight excluding hydrogens is 194 g/mol. The first-order valence-corrected chi connectivity index (χ1v) is 4.66. The molecule has 0 aromatic carbocycles. The normalized spacial score (nSPS) is 10.9. The molecule has 0 unspecified atom stereocenters. The van der Waals surface area contributed by atoms with Gasteiger partial charge in [-0.3, -0.25) is 0 Å². The molecule has 0 aliphatic carbocycles. The van der Waals surface area contributed by atoms with Crippen molar-refractivity contribution in [1.29, 1.82) is 0 Å². The van der Waals surface area contributed by atoms with Crippen molar-refractivity contribution in [2.75, 3.05) is 0 Å². The fourth-order valence-corrected chi connectivity index (χ4v) is 1.09. The number of hydrogen-bond acceptors (Lipinski definition) is 5. The molecule has 2 heterocycles. The average Bonchev–Trinajstić information content (AvgIpc) is 2.68. The maximum absolute atomic E-state index is 9.07. The Hall–Kier alpha value is -1.91. The average molecular weight is 205 g/mol. The summed E-state index contributed by atoms with van der Waals surface area (Å²) in [5.74, 6) is 1.34. The summed E-state index contributed by atoms with van der Waals surface area (Å²) in [6, 6.07) is 3.18. The van der Waals surface area contributed by atoms with Crippen LogP contribution in [0, 0.1) is 0 Å². The van der Waals surface area contributed by atoms with E-state index in [0.29, 0.717) is 17.4 Å². The molecule has 15 heavy (non-hydrogen) atoms. The van der Waals surface area contributed by atoms with Gasteiger partial charge in [0.2, 0.25) is 11.7 Å². The summed E-state index contributed by atoms with van der Waals surface area (Å²) in [5.41, 5.74) is 0.587. The van der Waals surface area contributed by atoms with Crippen LogP contribution in [-0.4, -0.2) is 20.2 Å². The third-order valence-electron chi connectivity index (χ3n) is 1.91. The topological polar surface area (TPSA) is 72.0 Å². The Morgan fingerprint density at radius 1 is 1.33 bits per heavy atom. The van der Waals surface area contributed by atoms with Gasteiger partial charge in [0.1, 0.15) is 11.4 Å². The van der Waals surface area contributed by atoms with Gasteiger partial charge in [-0.15, -0.1) is 0 Å². The van der Waals surface area contributed by atoms with Crippen LogP contribution in [0.25, 0.3) is 11.5 Å². The molecule has 0 aliphatic heterocycles. The standard InChI is InChI=1S/C10H11N3O2/c1-6(2)10-12-9(13-15-10)8-4-3-7(14)5-11-8/h3-6,14H,1-2H3. The van der Waals surface area contributed by atoms with E-state index in [2.05, 4.69) is 15.1 Å². The Kier molecular flexibility index (Phi) is 2.37. The maximum Gasteiger partial charge on any atom is 0.229 e. The van der Waals surface area contributed by atoms with Gasteiger partial charge in [-0.25, -0.2) is 4.98 Å². The van der Waals surface area contributed by atoms with Crippen molar-refractivity contribution >= 4 is 0 Å². The largest absolute Gasteiger partial charge is 0.506 e. The van der Waals surface area contributed by atoms with Gasteiger partial charge in [-0.1, -0.05) is 19.0 Å². The molecule has 2 aromatic rings. The van der Waals surface area contributed by atoms with Gasteiger partial charge >= 0.3 is 0 Å². The van der Waals surface area contributed by atoms with Gasteiger partial charge in [-0.2, -0.15) is 4.98 Å². The van der Waals surface area contributed by atoms with Crippen LogP contribution in [0.2, 0.25) is 0 Å². The Bertz CT molecular complexity index is 448. The Morgan fingerprint density at radius 3 is 2.67 bits per heavy atom. The molecule has 0 amide bonds. The molecule has 0 bridgehead atoms. The Labute approximate surface area is 86.8 Å². The molecule has 0 saturated carbocycles. The van der Waals surface area contributed by atoms with Crippen LogP contribution >= 0.6 is 0 Å². The SMILES string of the molecule is CC(C)c1nc(-c2ccc(O)cn2)no1. The zero-order chi connectivity index (χ0) is 10.8. The highest BCUT2D eigenvalue weighted by molar-refractivity contribution is 5.48. The third-order valence-corrected chi connectivity index (χ3v) is 1.91. The summed E-state index contributed by atoms with van der Waals surface area (Å²) >= 11 is 0. The lowest BCUT2D eigenvalue weighted by Crippen LogP contribution is -1.88. The van der Waals surface area contributed by atoms with Gasteiger partial charge in [0.25, 0.3) is 0 Å². The quantitative estimate of drug-likeness (QED) is 0.811. The summed E-state index contributed by atoms with van der Waals surface area (Å²) in [6.45, 7) is 3.95. The minimum atomic E-state index is 0.117. The fourth-order valence-electron chi connectivity index (χ4n) is 1.09. The summed E-state index contributed by atoms with van der Waals surface area (Å²) in [5, 5.41) is 12.9. The van der Waals surface area contributed by atoms with E-state index in [9.17, 15) is 0 Å². The van der Waals surface area contributed by atoms with Crippen LogP contribution in [0.1, 0.15) is 25.7 Å². The number of aromatic hydroxyl groups is 1. The zero-order valence-electron chi connectivity index (χ0n) is 8.51. The minimum absolute atomic E-state index is 0.117. The number of nitrogens with zero attached hydrogens (tertiary/aromatic N) is 3. The molecule has 0 spiro atoms. The van der Waals surface area contributed by atoms with Gasteiger partial charge in [-0.05, 0) is 12.1 Å². The van der Waals surface area contributed by atoms with Crippen molar-refractivity contribution in [2.45, 2.75) is 19.8 Å². The third kappa shape index (κ3) is 1.96. The Morgan fingerprint density at radius 2 is 2.13 bits per heavy atom. The number of rotatable bonds is 2. The van der Waals surface area contributed by atoms with Gasteiger partial charge in [0, 0.05) is 5.92 Å². The maximum atomic E-state index is 9.07. The summed E-state index contributed by atoms with van der Waals surface area (Å²) < 4.78 is 5.05. The lowest BCUT2D eigenvalue weighted by molar-refractivity contribution is 0.365. The van der Waals surface area contributed by atoms with E-state index < -0.39 is 0 Å². The highest BCUT2D eigenvalue weighted by Crippen LogP contribution is 2.18. The van der Waals surface area contributed by atoms with Crippen LogP contribution in [0.3, 0.4) is 0 Å². The summed E-state index contributed by atoms with van der Waals surface area (Å²) in [7, 11) is 0. The monoisotopic (exact) mass is 205 g/mol. The van der Waals surface area contributed by atoms with E-state index in [1.165, 1.54) is 12.3 Å². The number of pyridine rings is 1.